The molecule has 4 aromatic carbocycles. The third-order valence-electron chi connectivity index (χ3n) is 5.92. The van der Waals surface area contributed by atoms with Gasteiger partial charge < -0.3 is 9.47 Å². The number of nitrogens with zero attached hydrogens (tertiary/aromatic N) is 3. The molecule has 0 aliphatic heterocycles. The second kappa shape index (κ2) is 12.8. The lowest BCUT2D eigenvalue weighted by molar-refractivity contribution is -0.118. The molecule has 0 radical (unpaired) electrons. The van der Waals surface area contributed by atoms with Crippen LogP contribution in [0.2, 0.25) is 0 Å². The summed E-state index contributed by atoms with van der Waals surface area (Å²) in [6.07, 6.45) is 1.56. The second-order valence-electron chi connectivity index (χ2n) is 8.68. The standard InChI is InChI=1S/C31H26N4O4S/c1-38-25-16-14-24(15-17-25)35-30(37)27-12-5-6-13-28(27)33-31(35)40-21-29(36)34-32-19-23-10-7-11-26(18-23)39-20-22-8-3-2-4-9-22/h2-19H,20-21H2,1H3,(H,34,36)/b32-19+. The molecule has 0 fully saturated rings. The first-order valence-electron chi connectivity index (χ1n) is 12.5. The van der Waals surface area contributed by atoms with Crippen molar-refractivity contribution in [2.75, 3.05) is 12.9 Å². The van der Waals surface area contributed by atoms with E-state index in [-0.39, 0.29) is 17.2 Å². The van der Waals surface area contributed by atoms with Gasteiger partial charge in [-0.2, -0.15) is 5.10 Å². The van der Waals surface area contributed by atoms with E-state index >= 15 is 0 Å². The van der Waals surface area contributed by atoms with Gasteiger partial charge in [0.2, 0.25) is 0 Å². The first kappa shape index (κ1) is 26.7. The van der Waals surface area contributed by atoms with Crippen molar-refractivity contribution in [1.29, 1.82) is 0 Å². The Balaban J connectivity index is 1.25. The highest BCUT2D eigenvalue weighted by Crippen LogP contribution is 2.23. The number of benzene rings is 4. The Morgan fingerprint density at radius 1 is 0.950 bits per heavy atom. The Bertz CT molecular complexity index is 1700. The van der Waals surface area contributed by atoms with E-state index in [2.05, 4.69) is 15.5 Å². The van der Waals surface area contributed by atoms with Gasteiger partial charge >= 0.3 is 0 Å². The zero-order valence-electron chi connectivity index (χ0n) is 21.7. The number of ether oxygens (including phenoxy) is 2. The Labute approximate surface area is 235 Å². The first-order chi connectivity index (χ1) is 19.6. The lowest BCUT2D eigenvalue weighted by atomic mass is 10.2. The number of nitrogens with one attached hydrogen (secondary N) is 1. The predicted molar refractivity (Wildman–Crippen MR) is 158 cm³/mol. The summed E-state index contributed by atoms with van der Waals surface area (Å²) in [6.45, 7) is 0.458. The van der Waals surface area contributed by atoms with Crippen molar-refractivity contribution in [3.63, 3.8) is 0 Å². The molecule has 5 aromatic rings. The number of hydrogen-bond donors (Lipinski definition) is 1. The summed E-state index contributed by atoms with van der Waals surface area (Å²) in [6, 6.07) is 31.6. The van der Waals surface area contributed by atoms with Gasteiger partial charge in [-0.25, -0.2) is 10.4 Å². The summed E-state index contributed by atoms with van der Waals surface area (Å²) in [5.74, 6) is 1.05. The number of carbonyl (C=O) groups excluding carboxylic acids is 1. The van der Waals surface area contributed by atoms with Gasteiger partial charge in [-0.3, -0.25) is 14.2 Å². The molecule has 40 heavy (non-hydrogen) atoms. The normalized spacial score (nSPS) is 11.0. The molecule has 1 heterocycles. The monoisotopic (exact) mass is 550 g/mol. The molecule has 1 N–H and O–H groups in total. The lowest BCUT2D eigenvalue weighted by Crippen LogP contribution is -2.24. The minimum Gasteiger partial charge on any atom is -0.497 e. The molecule has 0 atom stereocenters. The maximum atomic E-state index is 13.4. The van der Waals surface area contributed by atoms with Crippen LogP contribution in [0.25, 0.3) is 16.6 Å². The summed E-state index contributed by atoms with van der Waals surface area (Å²) in [7, 11) is 1.58. The molecule has 8 nitrogen and oxygen atoms in total. The number of carbonyl (C=O) groups is 1. The van der Waals surface area contributed by atoms with Gasteiger partial charge in [-0.05, 0) is 59.7 Å². The molecule has 0 bridgehead atoms. The molecule has 200 valence electrons. The third kappa shape index (κ3) is 6.57. The molecule has 0 saturated carbocycles. The van der Waals surface area contributed by atoms with Gasteiger partial charge in [-0.1, -0.05) is 66.4 Å². The molecule has 0 aliphatic carbocycles. The first-order valence-corrected chi connectivity index (χ1v) is 13.5. The number of thioether (sulfide) groups is 1. The van der Waals surface area contributed by atoms with Gasteiger partial charge in [0.1, 0.15) is 18.1 Å². The summed E-state index contributed by atoms with van der Waals surface area (Å²) < 4.78 is 12.6. The van der Waals surface area contributed by atoms with Gasteiger partial charge in [0.05, 0.1) is 35.7 Å². The molecular formula is C31H26N4O4S. The maximum absolute atomic E-state index is 13.4. The van der Waals surface area contributed by atoms with Crippen LogP contribution < -0.4 is 20.5 Å². The van der Waals surface area contributed by atoms with Crippen LogP contribution in [0.15, 0.2) is 118 Å². The predicted octanol–water partition coefficient (Wildman–Crippen LogP) is 5.22. The molecule has 5 rings (SSSR count). The topological polar surface area (TPSA) is 94.8 Å². The van der Waals surface area contributed by atoms with Crippen molar-refractivity contribution in [3.05, 3.63) is 125 Å². The highest BCUT2D eigenvalue weighted by molar-refractivity contribution is 7.99. The van der Waals surface area contributed by atoms with E-state index in [9.17, 15) is 9.59 Å². The van der Waals surface area contributed by atoms with Crippen LogP contribution in [0.4, 0.5) is 0 Å². The van der Waals surface area contributed by atoms with E-state index in [1.807, 2.05) is 60.7 Å². The molecule has 9 heteroatoms. The van der Waals surface area contributed by atoms with Gasteiger partial charge in [0, 0.05) is 0 Å². The fourth-order valence-electron chi connectivity index (χ4n) is 3.93. The van der Waals surface area contributed by atoms with Gasteiger partial charge in [-0.15, -0.1) is 0 Å². The molecule has 0 saturated heterocycles. The number of methoxy groups -OCH3 is 1. The fraction of sp³-hybridized carbons (Fsp3) is 0.0968. The number of para-hydroxylation sites is 1. The Morgan fingerprint density at radius 3 is 2.52 bits per heavy atom. The van der Waals surface area contributed by atoms with Crippen molar-refractivity contribution in [2.45, 2.75) is 11.8 Å². The average Bonchev–Trinajstić information content (AvgIpc) is 3.00. The quantitative estimate of drug-likeness (QED) is 0.111. The highest BCUT2D eigenvalue weighted by Gasteiger charge is 2.15. The largest absolute Gasteiger partial charge is 0.497 e. The van der Waals surface area contributed by atoms with Crippen molar-refractivity contribution >= 4 is 34.8 Å². The zero-order valence-corrected chi connectivity index (χ0v) is 22.5. The molecule has 1 amide bonds. The van der Waals surface area contributed by atoms with E-state index in [0.29, 0.717) is 39.9 Å². The summed E-state index contributed by atoms with van der Waals surface area (Å²) in [5, 5.41) is 4.98. The number of amides is 1. The van der Waals surface area contributed by atoms with E-state index in [1.165, 1.54) is 4.57 Å². The average molecular weight is 551 g/mol. The molecule has 0 spiro atoms. The van der Waals surface area contributed by atoms with Gasteiger partial charge in [0.15, 0.2) is 5.16 Å². The summed E-state index contributed by atoms with van der Waals surface area (Å²) >= 11 is 1.16. The Kier molecular flexibility index (Phi) is 8.53. The van der Waals surface area contributed by atoms with E-state index in [0.717, 1.165) is 22.9 Å². The molecule has 0 aliphatic rings. The smallest absolute Gasteiger partial charge is 0.266 e. The zero-order chi connectivity index (χ0) is 27.7. The molecule has 0 unspecified atom stereocenters. The van der Waals surface area contributed by atoms with Crippen LogP contribution >= 0.6 is 11.8 Å². The number of hydrazone groups is 1. The SMILES string of the molecule is COc1ccc(-n2c(SCC(=O)N/N=C/c3cccc(OCc4ccccc4)c3)nc3ccccc3c2=O)cc1. The van der Waals surface area contributed by atoms with Crippen molar-refractivity contribution in [2.24, 2.45) is 5.10 Å². The van der Waals surface area contributed by atoms with Crippen LogP contribution in [0.5, 0.6) is 11.5 Å². The third-order valence-corrected chi connectivity index (χ3v) is 6.86. The van der Waals surface area contributed by atoms with Crippen LogP contribution in [0.1, 0.15) is 11.1 Å². The van der Waals surface area contributed by atoms with E-state index < -0.39 is 0 Å². The van der Waals surface area contributed by atoms with Crippen molar-refractivity contribution < 1.29 is 14.3 Å². The Morgan fingerprint density at radius 2 is 1.73 bits per heavy atom. The number of fused-ring (bicyclic) bond motifs is 1. The summed E-state index contributed by atoms with van der Waals surface area (Å²) in [4.78, 5) is 30.7. The number of rotatable bonds is 10. The van der Waals surface area contributed by atoms with Crippen LogP contribution in [-0.2, 0) is 11.4 Å². The number of hydrogen-bond acceptors (Lipinski definition) is 7. The van der Waals surface area contributed by atoms with Gasteiger partial charge in [0.25, 0.3) is 11.5 Å². The molecular weight excluding hydrogens is 524 g/mol. The molecule has 1 aromatic heterocycles. The van der Waals surface area contributed by atoms with Crippen LogP contribution in [0.3, 0.4) is 0 Å². The van der Waals surface area contributed by atoms with E-state index in [1.54, 1.807) is 55.8 Å². The maximum Gasteiger partial charge on any atom is 0.266 e. The fourth-order valence-corrected chi connectivity index (χ4v) is 4.74. The minimum absolute atomic E-state index is 0.0124. The van der Waals surface area contributed by atoms with Crippen molar-refractivity contribution in [3.8, 4) is 17.2 Å². The van der Waals surface area contributed by atoms with Crippen molar-refractivity contribution in [1.82, 2.24) is 15.0 Å². The van der Waals surface area contributed by atoms with Crippen LogP contribution in [0, 0.1) is 0 Å². The highest BCUT2D eigenvalue weighted by atomic mass is 32.2. The van der Waals surface area contributed by atoms with Crippen LogP contribution in [-0.4, -0.2) is 34.5 Å². The lowest BCUT2D eigenvalue weighted by Gasteiger charge is -2.13. The van der Waals surface area contributed by atoms with E-state index in [4.69, 9.17) is 9.47 Å². The minimum atomic E-state index is -0.332. The second-order valence-corrected chi connectivity index (χ2v) is 9.62. The Hall–Kier alpha value is -4.89. The number of aromatic nitrogens is 2. The summed E-state index contributed by atoms with van der Waals surface area (Å²) in [5.41, 5.74) is 5.37.